The van der Waals surface area contributed by atoms with Crippen molar-refractivity contribution in [3.05, 3.63) is 29.0 Å². The molecule has 102 valence electrons. The Morgan fingerprint density at radius 1 is 1.44 bits per heavy atom. The molecule has 1 aromatic rings. The lowest BCUT2D eigenvalue weighted by Gasteiger charge is -2.15. The maximum absolute atomic E-state index is 13.0. The van der Waals surface area contributed by atoms with E-state index in [0.29, 0.717) is 0 Å². The average molecular weight is 359 g/mol. The number of sulfonamides is 1. The van der Waals surface area contributed by atoms with Crippen LogP contribution in [0.1, 0.15) is 13.8 Å². The largest absolute Gasteiger partial charge is 0.242 e. The summed E-state index contributed by atoms with van der Waals surface area (Å²) in [5.74, 6) is -0.366. The Morgan fingerprint density at radius 3 is 2.61 bits per heavy atom. The first-order chi connectivity index (χ1) is 8.24. The summed E-state index contributed by atoms with van der Waals surface area (Å²) in [4.78, 5) is -0.243. The molecule has 0 aromatic heterocycles. The van der Waals surface area contributed by atoms with E-state index in [9.17, 15) is 12.8 Å². The van der Waals surface area contributed by atoms with Crippen LogP contribution in [-0.2, 0) is 10.0 Å². The van der Waals surface area contributed by atoms with Crippen molar-refractivity contribution in [1.82, 2.24) is 4.72 Å². The highest BCUT2D eigenvalue weighted by molar-refractivity contribution is 9.09. The first-order valence-electron chi connectivity index (χ1n) is 5.33. The molecule has 0 spiro atoms. The number of halogens is 3. The molecule has 1 N–H and O–H groups in total. The molecule has 0 saturated heterocycles. The molecule has 0 saturated carbocycles. The van der Waals surface area contributed by atoms with Gasteiger partial charge in [-0.1, -0.05) is 41.4 Å². The first kappa shape index (κ1) is 15.9. The predicted octanol–water partition coefficient (Wildman–Crippen LogP) is 3.18. The number of alkyl halides is 1. The lowest BCUT2D eigenvalue weighted by molar-refractivity contribution is 0.560. The van der Waals surface area contributed by atoms with Crippen molar-refractivity contribution in [3.8, 4) is 0 Å². The lowest BCUT2D eigenvalue weighted by Crippen LogP contribution is -2.32. The summed E-state index contributed by atoms with van der Waals surface area (Å²) in [6.07, 6.45) is 0. The smallest absolute Gasteiger partial charge is 0.210 e. The second kappa shape index (κ2) is 6.32. The fourth-order valence-electron chi connectivity index (χ4n) is 1.19. The van der Waals surface area contributed by atoms with Gasteiger partial charge in [0.25, 0.3) is 0 Å². The third-order valence-corrected chi connectivity index (χ3v) is 5.66. The van der Waals surface area contributed by atoms with Crippen LogP contribution in [0.3, 0.4) is 0 Å². The van der Waals surface area contributed by atoms with E-state index in [1.54, 1.807) is 0 Å². The van der Waals surface area contributed by atoms with Gasteiger partial charge in [0.05, 0.1) is 5.02 Å². The van der Waals surface area contributed by atoms with Gasteiger partial charge in [0.15, 0.2) is 0 Å². The average Bonchev–Trinajstić information content (AvgIpc) is 2.29. The monoisotopic (exact) mass is 357 g/mol. The Balaban J connectivity index is 2.90. The van der Waals surface area contributed by atoms with Crippen LogP contribution < -0.4 is 4.72 Å². The van der Waals surface area contributed by atoms with Crippen LogP contribution >= 0.6 is 27.5 Å². The number of nitrogens with one attached hydrogen (secondary N) is 1. The van der Waals surface area contributed by atoms with E-state index in [-0.39, 0.29) is 27.2 Å². The number of hydrogen-bond donors (Lipinski definition) is 1. The standard InChI is InChI=1S/C11H14BrClFNO2S/c1-7(2)9(12)6-15-18(16,17)11-5-8(14)3-4-10(11)13/h3-5,7,9,15H,6H2,1-2H3. The summed E-state index contributed by atoms with van der Waals surface area (Å²) in [6.45, 7) is 4.14. The maximum Gasteiger partial charge on any atom is 0.242 e. The van der Waals surface area contributed by atoms with Crippen molar-refractivity contribution in [1.29, 1.82) is 0 Å². The van der Waals surface area contributed by atoms with Crippen molar-refractivity contribution in [3.63, 3.8) is 0 Å². The molecule has 1 unspecified atom stereocenters. The fraction of sp³-hybridized carbons (Fsp3) is 0.455. The summed E-state index contributed by atoms with van der Waals surface area (Å²) in [5.41, 5.74) is 0. The van der Waals surface area contributed by atoms with E-state index in [1.165, 1.54) is 6.07 Å². The van der Waals surface area contributed by atoms with Gasteiger partial charge in [-0.15, -0.1) is 0 Å². The first-order valence-corrected chi connectivity index (χ1v) is 8.10. The molecule has 0 radical (unpaired) electrons. The summed E-state index contributed by atoms with van der Waals surface area (Å²) < 4.78 is 39.3. The van der Waals surface area contributed by atoms with Gasteiger partial charge in [0, 0.05) is 11.4 Å². The highest BCUT2D eigenvalue weighted by Crippen LogP contribution is 2.22. The Labute approximate surface area is 120 Å². The maximum atomic E-state index is 13.0. The molecule has 1 atom stereocenters. The molecular weight excluding hydrogens is 345 g/mol. The predicted molar refractivity (Wildman–Crippen MR) is 74.2 cm³/mol. The highest BCUT2D eigenvalue weighted by atomic mass is 79.9. The normalized spacial score (nSPS) is 13.9. The molecule has 0 amide bonds. The van der Waals surface area contributed by atoms with Gasteiger partial charge in [-0.05, 0) is 24.1 Å². The van der Waals surface area contributed by atoms with Crippen LogP contribution in [0, 0.1) is 11.7 Å². The van der Waals surface area contributed by atoms with Gasteiger partial charge in [-0.3, -0.25) is 0 Å². The van der Waals surface area contributed by atoms with E-state index < -0.39 is 15.8 Å². The molecule has 0 aliphatic heterocycles. The van der Waals surface area contributed by atoms with Crippen molar-refractivity contribution >= 4 is 37.6 Å². The number of rotatable bonds is 5. The summed E-state index contributed by atoms with van der Waals surface area (Å²) in [7, 11) is -3.79. The molecule has 0 aliphatic carbocycles. The molecule has 0 bridgehead atoms. The molecule has 0 fully saturated rings. The van der Waals surface area contributed by atoms with E-state index in [0.717, 1.165) is 12.1 Å². The molecule has 1 aromatic carbocycles. The van der Waals surface area contributed by atoms with Crippen molar-refractivity contribution in [2.75, 3.05) is 6.54 Å². The molecule has 7 heteroatoms. The van der Waals surface area contributed by atoms with E-state index in [1.807, 2.05) is 13.8 Å². The van der Waals surface area contributed by atoms with Crippen LogP contribution in [-0.4, -0.2) is 19.8 Å². The van der Waals surface area contributed by atoms with Crippen molar-refractivity contribution < 1.29 is 12.8 Å². The van der Waals surface area contributed by atoms with Gasteiger partial charge < -0.3 is 0 Å². The summed E-state index contributed by atoms with van der Waals surface area (Å²) in [6, 6.07) is 3.24. The minimum Gasteiger partial charge on any atom is -0.210 e. The van der Waals surface area contributed by atoms with Gasteiger partial charge in [-0.25, -0.2) is 17.5 Å². The van der Waals surface area contributed by atoms with Crippen LogP contribution in [0.15, 0.2) is 23.1 Å². The van der Waals surface area contributed by atoms with Crippen LogP contribution in [0.4, 0.5) is 4.39 Å². The Bertz CT molecular complexity index is 522. The second-order valence-electron chi connectivity index (χ2n) is 4.19. The molecule has 0 aliphatic rings. The quantitative estimate of drug-likeness (QED) is 0.822. The topological polar surface area (TPSA) is 46.2 Å². The van der Waals surface area contributed by atoms with Gasteiger partial charge in [0.2, 0.25) is 10.0 Å². The summed E-state index contributed by atoms with van der Waals surface area (Å²) in [5, 5.41) is -0.000399. The zero-order chi connectivity index (χ0) is 13.9. The second-order valence-corrected chi connectivity index (χ2v) is 7.51. The third-order valence-electron chi connectivity index (χ3n) is 2.37. The number of hydrogen-bond acceptors (Lipinski definition) is 2. The molecule has 1 rings (SSSR count). The third kappa shape index (κ3) is 4.19. The van der Waals surface area contributed by atoms with Crippen LogP contribution in [0.5, 0.6) is 0 Å². The zero-order valence-corrected chi connectivity index (χ0v) is 13.1. The molecule has 18 heavy (non-hydrogen) atoms. The van der Waals surface area contributed by atoms with Gasteiger partial charge in [-0.2, -0.15) is 0 Å². The van der Waals surface area contributed by atoms with E-state index in [4.69, 9.17) is 11.6 Å². The van der Waals surface area contributed by atoms with Gasteiger partial charge in [0.1, 0.15) is 10.7 Å². The molecule has 0 heterocycles. The fourth-order valence-corrected chi connectivity index (χ4v) is 3.13. The minimum atomic E-state index is -3.79. The molecular formula is C11H14BrClFNO2S. The van der Waals surface area contributed by atoms with Crippen LogP contribution in [0.25, 0.3) is 0 Å². The van der Waals surface area contributed by atoms with Crippen molar-refractivity contribution in [2.24, 2.45) is 5.92 Å². The van der Waals surface area contributed by atoms with E-state index >= 15 is 0 Å². The Kier molecular flexibility index (Phi) is 5.58. The van der Waals surface area contributed by atoms with Crippen molar-refractivity contribution in [2.45, 2.75) is 23.6 Å². The highest BCUT2D eigenvalue weighted by Gasteiger charge is 2.20. The van der Waals surface area contributed by atoms with Crippen LogP contribution in [0.2, 0.25) is 5.02 Å². The zero-order valence-electron chi connectivity index (χ0n) is 9.95. The van der Waals surface area contributed by atoms with E-state index in [2.05, 4.69) is 20.7 Å². The lowest BCUT2D eigenvalue weighted by atomic mass is 10.1. The Morgan fingerprint density at radius 2 is 2.06 bits per heavy atom. The molecule has 3 nitrogen and oxygen atoms in total. The Hall–Kier alpha value is -0.170. The summed E-state index contributed by atoms with van der Waals surface area (Å²) >= 11 is 9.13. The van der Waals surface area contributed by atoms with Gasteiger partial charge >= 0.3 is 0 Å². The SMILES string of the molecule is CC(C)C(Br)CNS(=O)(=O)c1cc(F)ccc1Cl. The minimum absolute atomic E-state index is 0.000361. The number of benzene rings is 1.